The number of hydrogen-bond acceptors (Lipinski definition) is 4. The molecule has 0 radical (unpaired) electrons. The van der Waals surface area contributed by atoms with E-state index in [1.165, 1.54) is 7.11 Å². The Hall–Kier alpha value is -0.840. The van der Waals surface area contributed by atoms with Crippen LogP contribution in [0.25, 0.3) is 0 Å². The lowest BCUT2D eigenvalue weighted by molar-refractivity contribution is -0.147. The van der Waals surface area contributed by atoms with Crippen LogP contribution in [0, 0.1) is 5.92 Å². The summed E-state index contributed by atoms with van der Waals surface area (Å²) in [5, 5.41) is 0.818. The van der Waals surface area contributed by atoms with Crippen molar-refractivity contribution in [1.29, 1.82) is 0 Å². The van der Waals surface area contributed by atoms with Crippen LogP contribution < -0.4 is 0 Å². The molecule has 0 spiro atoms. The minimum absolute atomic E-state index is 0.0332. The average molecular weight is 303 g/mol. The standard InChI is InChI=1S/C13H16Cl2N2O2/c1-19-13(18)10-2-4-17(5-3-10)8-9-6-11(14)16-12(15)7-9/h6-7,10H,2-5,8H2,1H3. The van der Waals surface area contributed by atoms with Gasteiger partial charge in [0, 0.05) is 6.54 Å². The number of piperidine rings is 1. The van der Waals surface area contributed by atoms with Gasteiger partial charge in [-0.2, -0.15) is 0 Å². The highest BCUT2D eigenvalue weighted by atomic mass is 35.5. The summed E-state index contributed by atoms with van der Waals surface area (Å²) >= 11 is 11.8. The Labute approximate surface area is 122 Å². The van der Waals surface area contributed by atoms with Crippen molar-refractivity contribution in [1.82, 2.24) is 9.88 Å². The molecule has 0 N–H and O–H groups in total. The molecule has 104 valence electrons. The van der Waals surface area contributed by atoms with Gasteiger partial charge in [-0.15, -0.1) is 0 Å². The monoisotopic (exact) mass is 302 g/mol. The maximum atomic E-state index is 11.4. The molecule has 1 aromatic heterocycles. The van der Waals surface area contributed by atoms with Gasteiger partial charge in [0.15, 0.2) is 0 Å². The maximum Gasteiger partial charge on any atom is 0.308 e. The van der Waals surface area contributed by atoms with E-state index in [0.29, 0.717) is 10.3 Å². The largest absolute Gasteiger partial charge is 0.469 e. The van der Waals surface area contributed by atoms with Crippen LogP contribution in [-0.2, 0) is 16.1 Å². The average Bonchev–Trinajstić information content (AvgIpc) is 2.37. The van der Waals surface area contributed by atoms with E-state index in [4.69, 9.17) is 27.9 Å². The van der Waals surface area contributed by atoms with Gasteiger partial charge < -0.3 is 4.74 Å². The van der Waals surface area contributed by atoms with E-state index in [1.807, 2.05) is 12.1 Å². The molecule has 1 aromatic rings. The number of esters is 1. The molecule has 0 saturated carbocycles. The first-order chi connectivity index (χ1) is 9.08. The van der Waals surface area contributed by atoms with Gasteiger partial charge >= 0.3 is 5.97 Å². The molecule has 4 nitrogen and oxygen atoms in total. The SMILES string of the molecule is COC(=O)C1CCN(Cc2cc(Cl)nc(Cl)c2)CC1. The maximum absolute atomic E-state index is 11.4. The van der Waals surface area contributed by atoms with Gasteiger partial charge in [-0.3, -0.25) is 9.69 Å². The van der Waals surface area contributed by atoms with Gasteiger partial charge in [-0.25, -0.2) is 4.98 Å². The van der Waals surface area contributed by atoms with Crippen LogP contribution in [0.15, 0.2) is 12.1 Å². The van der Waals surface area contributed by atoms with Crippen molar-refractivity contribution in [2.24, 2.45) is 5.92 Å². The van der Waals surface area contributed by atoms with Gasteiger partial charge in [0.05, 0.1) is 13.0 Å². The zero-order valence-electron chi connectivity index (χ0n) is 10.7. The number of carbonyl (C=O) groups is 1. The van der Waals surface area contributed by atoms with Crippen LogP contribution in [-0.4, -0.2) is 36.1 Å². The predicted molar refractivity (Wildman–Crippen MR) is 74.3 cm³/mol. The number of methoxy groups -OCH3 is 1. The molecule has 1 aliphatic rings. The molecule has 0 aliphatic carbocycles. The van der Waals surface area contributed by atoms with E-state index in [9.17, 15) is 4.79 Å². The fourth-order valence-corrected chi connectivity index (χ4v) is 2.86. The number of halogens is 2. The Balaban J connectivity index is 1.90. The molecule has 0 unspecified atom stereocenters. The van der Waals surface area contributed by atoms with E-state index in [0.717, 1.165) is 38.0 Å². The van der Waals surface area contributed by atoms with Crippen molar-refractivity contribution in [3.05, 3.63) is 28.0 Å². The van der Waals surface area contributed by atoms with Gasteiger partial charge in [-0.05, 0) is 43.6 Å². The number of rotatable bonds is 3. The molecule has 0 amide bonds. The van der Waals surface area contributed by atoms with Crippen molar-refractivity contribution in [3.8, 4) is 0 Å². The number of carbonyl (C=O) groups excluding carboxylic acids is 1. The van der Waals surface area contributed by atoms with E-state index in [2.05, 4.69) is 9.88 Å². The Morgan fingerprint density at radius 2 is 1.95 bits per heavy atom. The number of nitrogens with zero attached hydrogens (tertiary/aromatic N) is 2. The molecule has 0 bridgehead atoms. The minimum atomic E-state index is -0.102. The summed E-state index contributed by atoms with van der Waals surface area (Å²) < 4.78 is 4.77. The first-order valence-corrected chi connectivity index (χ1v) is 6.96. The highest BCUT2D eigenvalue weighted by molar-refractivity contribution is 6.32. The first kappa shape index (κ1) is 14.6. The van der Waals surface area contributed by atoms with Gasteiger partial charge in [0.1, 0.15) is 10.3 Å². The smallest absolute Gasteiger partial charge is 0.308 e. The molecule has 0 atom stereocenters. The topological polar surface area (TPSA) is 42.4 Å². The summed E-state index contributed by atoms with van der Waals surface area (Å²) in [4.78, 5) is 17.6. The van der Waals surface area contributed by atoms with E-state index >= 15 is 0 Å². The predicted octanol–water partition coefficient (Wildman–Crippen LogP) is 2.77. The van der Waals surface area contributed by atoms with Crippen LogP contribution >= 0.6 is 23.2 Å². The molecule has 6 heteroatoms. The van der Waals surface area contributed by atoms with Crippen LogP contribution in [0.1, 0.15) is 18.4 Å². The van der Waals surface area contributed by atoms with Crippen molar-refractivity contribution in [2.75, 3.05) is 20.2 Å². The van der Waals surface area contributed by atoms with E-state index < -0.39 is 0 Å². The second kappa shape index (κ2) is 6.55. The summed E-state index contributed by atoms with van der Waals surface area (Å²) in [7, 11) is 1.44. The summed E-state index contributed by atoms with van der Waals surface area (Å²) in [5.41, 5.74) is 1.04. The number of hydrogen-bond donors (Lipinski definition) is 0. The molecule has 2 heterocycles. The van der Waals surface area contributed by atoms with Gasteiger partial charge in [-0.1, -0.05) is 23.2 Å². The molecule has 0 aromatic carbocycles. The molecule has 1 aliphatic heterocycles. The summed E-state index contributed by atoms with van der Waals surface area (Å²) in [5.74, 6) is -0.0690. The number of likely N-dealkylation sites (tertiary alicyclic amines) is 1. The third-order valence-corrected chi connectivity index (χ3v) is 3.74. The van der Waals surface area contributed by atoms with Crippen molar-refractivity contribution >= 4 is 29.2 Å². The third kappa shape index (κ3) is 4.06. The van der Waals surface area contributed by atoms with E-state index in [-0.39, 0.29) is 11.9 Å². The zero-order chi connectivity index (χ0) is 13.8. The minimum Gasteiger partial charge on any atom is -0.469 e. The Kier molecular flexibility index (Phi) is 5.02. The molecule has 1 saturated heterocycles. The zero-order valence-corrected chi connectivity index (χ0v) is 12.2. The summed E-state index contributed by atoms with van der Waals surface area (Å²) in [6.45, 7) is 2.52. The lowest BCUT2D eigenvalue weighted by atomic mass is 9.97. The fraction of sp³-hybridized carbons (Fsp3) is 0.538. The quantitative estimate of drug-likeness (QED) is 0.636. The Morgan fingerprint density at radius 1 is 1.37 bits per heavy atom. The lowest BCUT2D eigenvalue weighted by Crippen LogP contribution is -2.36. The second-order valence-corrected chi connectivity index (χ2v) is 5.47. The first-order valence-electron chi connectivity index (χ1n) is 6.20. The van der Waals surface area contributed by atoms with Gasteiger partial charge in [0.25, 0.3) is 0 Å². The second-order valence-electron chi connectivity index (χ2n) is 4.69. The molecule has 2 rings (SSSR count). The third-order valence-electron chi connectivity index (χ3n) is 3.35. The molecule has 1 fully saturated rings. The van der Waals surface area contributed by atoms with Crippen molar-refractivity contribution in [3.63, 3.8) is 0 Å². The number of ether oxygens (including phenoxy) is 1. The van der Waals surface area contributed by atoms with Crippen LogP contribution in [0.5, 0.6) is 0 Å². The summed E-state index contributed by atoms with van der Waals surface area (Å²) in [6.07, 6.45) is 1.67. The Bertz CT molecular complexity index is 440. The highest BCUT2D eigenvalue weighted by Crippen LogP contribution is 2.22. The summed E-state index contributed by atoms with van der Waals surface area (Å²) in [6, 6.07) is 3.64. The Morgan fingerprint density at radius 3 is 2.47 bits per heavy atom. The van der Waals surface area contributed by atoms with Crippen LogP contribution in [0.2, 0.25) is 10.3 Å². The van der Waals surface area contributed by atoms with Crippen molar-refractivity contribution in [2.45, 2.75) is 19.4 Å². The van der Waals surface area contributed by atoms with Crippen molar-refractivity contribution < 1.29 is 9.53 Å². The fourth-order valence-electron chi connectivity index (χ4n) is 2.36. The molecular formula is C13H16Cl2N2O2. The van der Waals surface area contributed by atoms with Gasteiger partial charge in [0.2, 0.25) is 0 Å². The number of pyridine rings is 1. The number of aromatic nitrogens is 1. The van der Waals surface area contributed by atoms with Crippen LogP contribution in [0.4, 0.5) is 0 Å². The highest BCUT2D eigenvalue weighted by Gasteiger charge is 2.25. The molecular weight excluding hydrogens is 287 g/mol. The van der Waals surface area contributed by atoms with E-state index in [1.54, 1.807) is 0 Å². The van der Waals surface area contributed by atoms with Crippen LogP contribution in [0.3, 0.4) is 0 Å². The normalized spacial score (nSPS) is 17.4. The molecule has 19 heavy (non-hydrogen) atoms. The lowest BCUT2D eigenvalue weighted by Gasteiger charge is -2.30.